The van der Waals surface area contributed by atoms with Crippen LogP contribution in [0.2, 0.25) is 0 Å². The predicted octanol–water partition coefficient (Wildman–Crippen LogP) is -2.06. The monoisotopic (exact) mass is 681 g/mol. The molecule has 0 saturated carbocycles. The van der Waals surface area contributed by atoms with Crippen molar-refractivity contribution in [3.8, 4) is 5.75 Å². The van der Waals surface area contributed by atoms with Crippen molar-refractivity contribution in [1.29, 1.82) is 0 Å². The van der Waals surface area contributed by atoms with Crippen molar-refractivity contribution in [2.45, 2.75) is 25.0 Å². The van der Waals surface area contributed by atoms with E-state index in [9.17, 15) is 29.2 Å². The quantitative estimate of drug-likeness (QED) is 0.131. The van der Waals surface area contributed by atoms with Crippen LogP contribution < -0.4 is 36.7 Å². The molecule has 0 radical (unpaired) electrons. The van der Waals surface area contributed by atoms with Gasteiger partial charge in [0, 0.05) is 0 Å². The summed E-state index contributed by atoms with van der Waals surface area (Å²) in [6.07, 6.45) is -1.95. The number of aromatic nitrogens is 4. The summed E-state index contributed by atoms with van der Waals surface area (Å²) in [6.45, 7) is -1.08. The summed E-state index contributed by atoms with van der Waals surface area (Å²) in [6, 6.07) is -0.808. The summed E-state index contributed by atoms with van der Waals surface area (Å²) in [5, 5.41) is 8.38. The van der Waals surface area contributed by atoms with Crippen LogP contribution in [0, 0.1) is 5.82 Å². The molecule has 244 valence electrons. The number of nitrogen functional groups attached to an aromatic ring is 1. The first kappa shape index (κ1) is 29.5. The van der Waals surface area contributed by atoms with Crippen LogP contribution in [-0.2, 0) is 29.7 Å². The molecular formula is C20H23F2N9O12P2. The van der Waals surface area contributed by atoms with E-state index in [4.69, 9.17) is 33.0 Å². The Balaban J connectivity index is 1.27. The number of nitrogens with zero attached hydrogens (tertiary/aromatic N) is 4. The Kier molecular flexibility index (Phi) is 6.85. The summed E-state index contributed by atoms with van der Waals surface area (Å²) in [4.78, 5) is 78.1. The van der Waals surface area contributed by atoms with Crippen LogP contribution in [-0.4, -0.2) is 76.7 Å². The van der Waals surface area contributed by atoms with Gasteiger partial charge in [0.1, 0.15) is 0 Å². The number of aromatic amines is 1. The normalized spacial score (nSPS) is 28.4. The van der Waals surface area contributed by atoms with Gasteiger partial charge in [-0.15, -0.1) is 0 Å². The van der Waals surface area contributed by atoms with Gasteiger partial charge in [0.15, 0.2) is 0 Å². The number of fused-ring (bicyclic) bond motifs is 5. The van der Waals surface area contributed by atoms with Crippen molar-refractivity contribution >= 4 is 51.1 Å². The van der Waals surface area contributed by atoms with E-state index in [0.717, 1.165) is 10.9 Å². The summed E-state index contributed by atoms with van der Waals surface area (Å²) < 4.78 is 63.3. The van der Waals surface area contributed by atoms with Crippen LogP contribution >= 0.6 is 16.3 Å². The Morgan fingerprint density at radius 3 is 2.73 bits per heavy atom. The van der Waals surface area contributed by atoms with E-state index < -0.39 is 87.5 Å². The van der Waals surface area contributed by atoms with Crippen LogP contribution in [0.3, 0.4) is 0 Å². The number of ether oxygens (including phenoxy) is 1. The molecule has 4 aliphatic rings. The van der Waals surface area contributed by atoms with E-state index in [-0.39, 0.29) is 36.4 Å². The van der Waals surface area contributed by atoms with Gasteiger partial charge in [0.05, 0.1) is 0 Å². The Morgan fingerprint density at radius 1 is 1.13 bits per heavy atom. The number of amides is 1. The third-order valence-corrected chi connectivity index (χ3v) is 8.76. The third kappa shape index (κ3) is 5.09. The molecule has 3 aromatic rings. The summed E-state index contributed by atoms with van der Waals surface area (Å²) in [5.41, 5.74) is 4.33. The zero-order valence-corrected chi connectivity index (χ0v) is 24.2. The van der Waals surface area contributed by atoms with E-state index in [1.165, 1.54) is 4.90 Å². The molecule has 1 amide bonds. The van der Waals surface area contributed by atoms with Gasteiger partial charge < -0.3 is 0 Å². The van der Waals surface area contributed by atoms with Crippen LogP contribution in [0.15, 0.2) is 33.3 Å². The fourth-order valence-corrected chi connectivity index (χ4v) is 6.55. The van der Waals surface area contributed by atoms with Gasteiger partial charge in [-0.05, 0) is 0 Å². The van der Waals surface area contributed by atoms with Crippen molar-refractivity contribution in [1.82, 2.24) is 35.5 Å². The fourth-order valence-electron chi connectivity index (χ4n) is 4.91. The Labute approximate surface area is 248 Å². The van der Waals surface area contributed by atoms with E-state index in [0.29, 0.717) is 6.26 Å². The minimum absolute atomic E-state index is 0.0520. The van der Waals surface area contributed by atoms with Gasteiger partial charge in [-0.3, -0.25) is 0 Å². The molecule has 0 spiro atoms. The zero-order chi connectivity index (χ0) is 31.8. The molecule has 3 aromatic heterocycles. The molecule has 1 unspecified atom stereocenters. The molecule has 2 bridgehead atoms. The second-order valence-corrected chi connectivity index (χ2v) is 12.9. The Hall–Kier alpha value is -4.18. The second kappa shape index (κ2) is 10.4. The van der Waals surface area contributed by atoms with Crippen molar-refractivity contribution in [2.75, 3.05) is 24.0 Å². The number of hydrogen-bond acceptors (Lipinski definition) is 18. The number of nitrogens with one attached hydrogen (secondary N) is 4. The fraction of sp³-hybridized carbons (Fsp3) is 0.300. The molecule has 0 aromatic carbocycles. The number of furan rings is 1. The summed E-state index contributed by atoms with van der Waals surface area (Å²) in [7, 11) is -10.9. The van der Waals surface area contributed by atoms with Crippen molar-refractivity contribution < 1.29 is 60.4 Å². The van der Waals surface area contributed by atoms with E-state index >= 15 is 8.78 Å². The summed E-state index contributed by atoms with van der Waals surface area (Å²) >= 11 is 0. The number of carbonyl (C=O) groups is 1. The second-order valence-electron chi connectivity index (χ2n) is 9.75. The Bertz CT molecular complexity index is 1840. The van der Waals surface area contributed by atoms with Crippen molar-refractivity contribution in [3.05, 3.63) is 46.0 Å². The maximum absolute atomic E-state index is 15.7. The van der Waals surface area contributed by atoms with Gasteiger partial charge in [-0.25, -0.2) is 0 Å². The molecule has 0 aliphatic carbocycles. The van der Waals surface area contributed by atoms with Gasteiger partial charge in [-0.2, -0.15) is 0 Å². The average Bonchev–Trinajstić information content (AvgIpc) is 3.72. The molecule has 2 saturated heterocycles. The van der Waals surface area contributed by atoms with Gasteiger partial charge >= 0.3 is 248 Å². The number of alkyl halides is 1. The molecule has 25 heteroatoms. The number of anilines is 2. The van der Waals surface area contributed by atoms with E-state index in [1.807, 2.05) is 0 Å². The number of hydrogen-bond donors (Lipinski definition) is 9. The number of halogens is 2. The number of rotatable bonds is 2. The molecule has 7 rings (SSSR count). The first-order valence-corrected chi connectivity index (χ1v) is 16.1. The molecule has 21 nitrogen and oxygen atoms in total. The van der Waals surface area contributed by atoms with Crippen molar-refractivity contribution in [2.24, 2.45) is 0 Å². The third-order valence-electron chi connectivity index (χ3n) is 6.86. The van der Waals surface area contributed by atoms with Crippen LogP contribution in [0.25, 0.3) is 17.0 Å². The van der Waals surface area contributed by atoms with Gasteiger partial charge in [0.2, 0.25) is 0 Å². The SMILES string of the molecule is Nc1nc2c(ncn2C2=C3O[PH](O)(O)OCc4oc(N5CN[C@H]6C(=O)NCNC65)c(F)c4O[PH](O)(O)O/C=C(/O2)[C@H]3F)c(=O)[nH]1. The molecule has 3 atom stereocenters. The minimum atomic E-state index is -5.45. The molecule has 7 heterocycles. The number of H-pyrrole nitrogens is 1. The molecule has 2 fully saturated rings. The van der Waals surface area contributed by atoms with E-state index in [2.05, 4.69) is 30.9 Å². The molecule has 45 heavy (non-hydrogen) atoms. The topological polar surface area (TPSA) is 286 Å². The Morgan fingerprint density at radius 2 is 1.93 bits per heavy atom. The van der Waals surface area contributed by atoms with Gasteiger partial charge in [-0.1, -0.05) is 0 Å². The van der Waals surface area contributed by atoms with Gasteiger partial charge in [0.25, 0.3) is 0 Å². The van der Waals surface area contributed by atoms with Crippen LogP contribution in [0.5, 0.6) is 5.75 Å². The first-order valence-electron chi connectivity index (χ1n) is 12.7. The molecule has 4 aliphatic heterocycles. The number of imidazole rings is 1. The predicted molar refractivity (Wildman–Crippen MR) is 146 cm³/mol. The van der Waals surface area contributed by atoms with Crippen LogP contribution in [0.1, 0.15) is 5.76 Å². The average molecular weight is 681 g/mol. The standard InChI is InChI=1S/C20H23F2N9O12P2/c21-8-6-1-38-44(34,35)42-12-7(41-18(9(12)22)30-4-26-10-14(30)24-3-25-16(10)32)2-39-45(36,37)43-13(8)19(40-6)31-5-27-11-15(31)28-20(23)29-17(11)33/h1,5,8,10,14,24,26,34-37,44-45H,2-4H2,(H,25,32)(H3,23,28,29,33)/b6-1+/t8-,10-,14?/m1/s1. The molecular weight excluding hydrogens is 658 g/mol. The molecule has 10 N–H and O–H groups in total. The maximum atomic E-state index is 15.7. The zero-order valence-electron chi connectivity index (χ0n) is 22.2. The van der Waals surface area contributed by atoms with Crippen LogP contribution in [0.4, 0.5) is 20.6 Å². The summed E-state index contributed by atoms with van der Waals surface area (Å²) in [5.74, 6) is -6.55. The van der Waals surface area contributed by atoms with E-state index in [1.54, 1.807) is 0 Å². The first-order chi connectivity index (χ1) is 21.3. The number of nitrogens with two attached hydrogens (primary N) is 1. The number of carbonyl (C=O) groups excluding carboxylic acids is 1. The van der Waals surface area contributed by atoms with Crippen molar-refractivity contribution in [3.63, 3.8) is 0 Å².